The van der Waals surface area contributed by atoms with Crippen LogP contribution in [0.25, 0.3) is 11.0 Å². The first-order valence-corrected chi connectivity index (χ1v) is 7.18. The number of aromatic nitrogens is 2. The highest BCUT2D eigenvalue weighted by atomic mass is 15.2. The van der Waals surface area contributed by atoms with Gasteiger partial charge in [-0.3, -0.25) is 4.90 Å². The summed E-state index contributed by atoms with van der Waals surface area (Å²) in [6.45, 7) is 6.02. The lowest BCUT2D eigenvalue weighted by atomic mass is 10.2. The standard InChI is InChI=1S/C16H22N4/c1-4-11-20-15-8-6-5-7-14(15)18-16(20)12-19(3)13(2)9-10-17/h5-8,13H,4,9,11-12H2,1-3H3/t13-/m1/s1. The quantitative estimate of drug-likeness (QED) is 0.809. The van der Waals surface area contributed by atoms with Crippen LogP contribution < -0.4 is 0 Å². The van der Waals surface area contributed by atoms with Gasteiger partial charge in [-0.2, -0.15) is 5.26 Å². The van der Waals surface area contributed by atoms with Crippen molar-refractivity contribution in [3.05, 3.63) is 30.1 Å². The summed E-state index contributed by atoms with van der Waals surface area (Å²) in [5.41, 5.74) is 2.25. The second-order valence-corrected chi connectivity index (χ2v) is 5.29. The van der Waals surface area contributed by atoms with Crippen LogP contribution in [-0.2, 0) is 13.1 Å². The van der Waals surface area contributed by atoms with Crippen LogP contribution in [0.5, 0.6) is 0 Å². The monoisotopic (exact) mass is 270 g/mol. The number of rotatable bonds is 6. The number of imidazole rings is 1. The van der Waals surface area contributed by atoms with E-state index in [1.54, 1.807) is 0 Å². The lowest BCUT2D eigenvalue weighted by Crippen LogP contribution is -2.29. The normalized spacial score (nSPS) is 12.8. The number of aryl methyl sites for hydroxylation is 1. The molecule has 20 heavy (non-hydrogen) atoms. The third-order valence-electron chi connectivity index (χ3n) is 3.71. The summed E-state index contributed by atoms with van der Waals surface area (Å²) in [7, 11) is 2.05. The van der Waals surface area contributed by atoms with Gasteiger partial charge < -0.3 is 4.57 Å². The van der Waals surface area contributed by atoms with E-state index >= 15 is 0 Å². The Bertz CT molecular complexity index is 608. The van der Waals surface area contributed by atoms with Crippen molar-refractivity contribution in [2.45, 2.75) is 45.8 Å². The van der Waals surface area contributed by atoms with Crippen molar-refractivity contribution < 1.29 is 0 Å². The van der Waals surface area contributed by atoms with Gasteiger partial charge in [0.25, 0.3) is 0 Å². The molecular weight excluding hydrogens is 248 g/mol. The Kier molecular flexibility index (Phi) is 4.75. The van der Waals surface area contributed by atoms with E-state index in [2.05, 4.69) is 54.6 Å². The Morgan fingerprint density at radius 3 is 2.85 bits per heavy atom. The smallest absolute Gasteiger partial charge is 0.124 e. The number of hydrogen-bond donors (Lipinski definition) is 0. The van der Waals surface area contributed by atoms with Gasteiger partial charge in [0.1, 0.15) is 5.82 Å². The lowest BCUT2D eigenvalue weighted by molar-refractivity contribution is 0.243. The van der Waals surface area contributed by atoms with Gasteiger partial charge in [-0.15, -0.1) is 0 Å². The highest BCUT2D eigenvalue weighted by Crippen LogP contribution is 2.18. The number of benzene rings is 1. The fourth-order valence-electron chi connectivity index (χ4n) is 2.39. The molecule has 4 heteroatoms. The number of hydrogen-bond acceptors (Lipinski definition) is 3. The highest BCUT2D eigenvalue weighted by Gasteiger charge is 2.15. The molecule has 0 saturated carbocycles. The lowest BCUT2D eigenvalue weighted by Gasteiger charge is -2.22. The van der Waals surface area contributed by atoms with Crippen LogP contribution in [0.2, 0.25) is 0 Å². The topological polar surface area (TPSA) is 44.9 Å². The summed E-state index contributed by atoms with van der Waals surface area (Å²) < 4.78 is 2.30. The molecule has 0 amide bonds. The highest BCUT2D eigenvalue weighted by molar-refractivity contribution is 5.75. The minimum absolute atomic E-state index is 0.245. The molecule has 4 nitrogen and oxygen atoms in total. The van der Waals surface area contributed by atoms with Crippen LogP contribution in [0.1, 0.15) is 32.5 Å². The number of nitrogens with zero attached hydrogens (tertiary/aromatic N) is 4. The van der Waals surface area contributed by atoms with Crippen LogP contribution in [-0.4, -0.2) is 27.5 Å². The van der Waals surface area contributed by atoms with E-state index in [-0.39, 0.29) is 6.04 Å². The molecule has 0 aliphatic heterocycles. The van der Waals surface area contributed by atoms with Crippen LogP contribution in [0, 0.1) is 11.3 Å². The molecule has 0 aliphatic rings. The van der Waals surface area contributed by atoms with Crippen molar-refractivity contribution in [3.63, 3.8) is 0 Å². The molecule has 0 fully saturated rings. The second-order valence-electron chi connectivity index (χ2n) is 5.29. The van der Waals surface area contributed by atoms with Crippen molar-refractivity contribution in [1.82, 2.24) is 14.5 Å². The molecule has 0 saturated heterocycles. The zero-order valence-electron chi connectivity index (χ0n) is 12.5. The molecule has 1 aromatic heterocycles. The van der Waals surface area contributed by atoms with Crippen molar-refractivity contribution in [3.8, 4) is 6.07 Å². The third-order valence-corrected chi connectivity index (χ3v) is 3.71. The fourth-order valence-corrected chi connectivity index (χ4v) is 2.39. The summed E-state index contributed by atoms with van der Waals surface area (Å²) in [6.07, 6.45) is 1.63. The van der Waals surface area contributed by atoms with E-state index in [0.717, 1.165) is 30.9 Å². The Balaban J connectivity index is 2.29. The van der Waals surface area contributed by atoms with Gasteiger partial charge in [-0.1, -0.05) is 19.1 Å². The average molecular weight is 270 g/mol. The van der Waals surface area contributed by atoms with Gasteiger partial charge in [0, 0.05) is 12.6 Å². The molecule has 2 rings (SSSR count). The van der Waals surface area contributed by atoms with E-state index in [1.807, 2.05) is 6.07 Å². The third kappa shape index (κ3) is 3.00. The van der Waals surface area contributed by atoms with Gasteiger partial charge >= 0.3 is 0 Å². The van der Waals surface area contributed by atoms with Gasteiger partial charge in [0.05, 0.1) is 30.1 Å². The maximum Gasteiger partial charge on any atom is 0.124 e. The Morgan fingerprint density at radius 1 is 1.40 bits per heavy atom. The summed E-state index contributed by atoms with van der Waals surface area (Å²) in [4.78, 5) is 6.94. The molecule has 0 spiro atoms. The first-order valence-electron chi connectivity index (χ1n) is 7.18. The molecule has 0 aliphatic carbocycles. The predicted octanol–water partition coefficient (Wildman–Crippen LogP) is 3.18. The molecule has 0 N–H and O–H groups in total. The Labute approximate surface area is 120 Å². The molecule has 1 aromatic carbocycles. The molecule has 1 heterocycles. The summed E-state index contributed by atoms with van der Waals surface area (Å²) >= 11 is 0. The first kappa shape index (κ1) is 14.5. The van der Waals surface area contributed by atoms with Crippen molar-refractivity contribution in [1.29, 1.82) is 5.26 Å². The van der Waals surface area contributed by atoms with Gasteiger partial charge in [0.2, 0.25) is 0 Å². The van der Waals surface area contributed by atoms with E-state index in [4.69, 9.17) is 10.2 Å². The molecule has 0 bridgehead atoms. The SMILES string of the molecule is CCCn1c(CN(C)[C@H](C)CC#N)nc2ccccc21. The molecule has 1 atom stereocenters. The molecule has 0 radical (unpaired) electrons. The van der Waals surface area contributed by atoms with Crippen molar-refractivity contribution in [2.24, 2.45) is 0 Å². The van der Waals surface area contributed by atoms with E-state index in [0.29, 0.717) is 6.42 Å². The Morgan fingerprint density at radius 2 is 2.15 bits per heavy atom. The summed E-state index contributed by atoms with van der Waals surface area (Å²) in [5, 5.41) is 8.81. The largest absolute Gasteiger partial charge is 0.327 e. The number of nitriles is 1. The molecule has 0 unspecified atom stereocenters. The van der Waals surface area contributed by atoms with Crippen LogP contribution in [0.4, 0.5) is 0 Å². The Hall–Kier alpha value is -1.86. The van der Waals surface area contributed by atoms with E-state index < -0.39 is 0 Å². The zero-order chi connectivity index (χ0) is 14.5. The van der Waals surface area contributed by atoms with Gasteiger partial charge in [0.15, 0.2) is 0 Å². The molecular formula is C16H22N4. The number of para-hydroxylation sites is 2. The maximum absolute atomic E-state index is 8.81. The zero-order valence-corrected chi connectivity index (χ0v) is 12.5. The minimum atomic E-state index is 0.245. The maximum atomic E-state index is 8.81. The fraction of sp³-hybridized carbons (Fsp3) is 0.500. The van der Waals surface area contributed by atoms with Crippen LogP contribution in [0.3, 0.4) is 0 Å². The number of fused-ring (bicyclic) bond motifs is 1. The van der Waals surface area contributed by atoms with Crippen LogP contribution >= 0.6 is 0 Å². The first-order chi connectivity index (χ1) is 9.67. The van der Waals surface area contributed by atoms with E-state index in [9.17, 15) is 0 Å². The van der Waals surface area contributed by atoms with Gasteiger partial charge in [-0.25, -0.2) is 4.98 Å². The van der Waals surface area contributed by atoms with E-state index in [1.165, 1.54) is 5.52 Å². The average Bonchev–Trinajstić information content (AvgIpc) is 2.78. The van der Waals surface area contributed by atoms with Gasteiger partial charge in [-0.05, 0) is 32.5 Å². The van der Waals surface area contributed by atoms with Crippen molar-refractivity contribution >= 4 is 11.0 Å². The van der Waals surface area contributed by atoms with Crippen LogP contribution in [0.15, 0.2) is 24.3 Å². The van der Waals surface area contributed by atoms with Crippen molar-refractivity contribution in [2.75, 3.05) is 7.05 Å². The second kappa shape index (κ2) is 6.53. The summed E-state index contributed by atoms with van der Waals surface area (Å²) in [5.74, 6) is 1.08. The molecule has 106 valence electrons. The summed E-state index contributed by atoms with van der Waals surface area (Å²) in [6, 6.07) is 10.7. The molecule has 2 aromatic rings. The predicted molar refractivity (Wildman–Crippen MR) is 81.2 cm³/mol. The minimum Gasteiger partial charge on any atom is -0.327 e.